The van der Waals surface area contributed by atoms with Crippen LogP contribution in [-0.2, 0) is 25.2 Å². The normalized spacial score (nSPS) is 15.6. The standard InChI is InChI=1S/C20H12F7NO5/c1-19(2)32-17(29)10(18(30)33-19)7-28-9-5-13(23)16(14(24)6-9)31-15-11(21)3-8(4-12(15)22)20(25,26)27/h3-7,28H,1-2H3. The van der Waals surface area contributed by atoms with Crippen molar-refractivity contribution in [3.8, 4) is 11.5 Å². The van der Waals surface area contributed by atoms with Crippen molar-refractivity contribution in [1.29, 1.82) is 0 Å². The maximum atomic E-state index is 14.3. The smallest absolute Gasteiger partial charge is 0.416 e. The lowest BCUT2D eigenvalue weighted by molar-refractivity contribution is -0.222. The third-order valence-corrected chi connectivity index (χ3v) is 4.03. The van der Waals surface area contributed by atoms with Gasteiger partial charge in [-0.05, 0) is 12.1 Å². The van der Waals surface area contributed by atoms with Crippen molar-refractivity contribution in [2.24, 2.45) is 0 Å². The van der Waals surface area contributed by atoms with Crippen LogP contribution in [-0.4, -0.2) is 17.7 Å². The molecule has 0 bridgehead atoms. The fourth-order valence-corrected chi connectivity index (χ4v) is 2.60. The predicted octanol–water partition coefficient (Wildman–Crippen LogP) is 5.19. The van der Waals surface area contributed by atoms with E-state index in [0.717, 1.165) is 6.20 Å². The summed E-state index contributed by atoms with van der Waals surface area (Å²) in [6.45, 7) is 2.61. The van der Waals surface area contributed by atoms with Crippen molar-refractivity contribution in [3.63, 3.8) is 0 Å². The first-order valence-electron chi connectivity index (χ1n) is 8.84. The maximum absolute atomic E-state index is 14.3. The number of carbonyl (C=O) groups excluding carboxylic acids is 2. The summed E-state index contributed by atoms with van der Waals surface area (Å²) in [5.41, 5.74) is -2.66. The maximum Gasteiger partial charge on any atom is 0.416 e. The Morgan fingerprint density at radius 2 is 1.27 bits per heavy atom. The van der Waals surface area contributed by atoms with Crippen LogP contribution in [0.15, 0.2) is 36.0 Å². The molecule has 1 fully saturated rings. The molecule has 2 aromatic rings. The third-order valence-electron chi connectivity index (χ3n) is 4.03. The van der Waals surface area contributed by atoms with Crippen LogP contribution in [0, 0.1) is 23.3 Å². The third kappa shape index (κ3) is 5.18. The molecule has 176 valence electrons. The molecule has 0 atom stereocenters. The number of esters is 2. The fourth-order valence-electron chi connectivity index (χ4n) is 2.60. The number of anilines is 1. The number of halogens is 7. The Kier molecular flexibility index (Phi) is 6.00. The number of hydrogen-bond donors (Lipinski definition) is 1. The van der Waals surface area contributed by atoms with Crippen LogP contribution in [0.4, 0.5) is 36.4 Å². The summed E-state index contributed by atoms with van der Waals surface area (Å²) in [7, 11) is 0. The van der Waals surface area contributed by atoms with E-state index < -0.39 is 69.8 Å². The largest absolute Gasteiger partial charge is 0.445 e. The second-order valence-corrected chi connectivity index (χ2v) is 7.02. The summed E-state index contributed by atoms with van der Waals surface area (Å²) in [4.78, 5) is 23.7. The average Bonchev–Trinajstić information content (AvgIpc) is 2.63. The second-order valence-electron chi connectivity index (χ2n) is 7.02. The summed E-state index contributed by atoms with van der Waals surface area (Å²) in [6.07, 6.45) is -4.31. The molecule has 1 aliphatic rings. The Morgan fingerprint density at radius 3 is 1.70 bits per heavy atom. The highest BCUT2D eigenvalue weighted by atomic mass is 19.4. The first-order valence-corrected chi connectivity index (χ1v) is 8.84. The molecule has 1 N–H and O–H groups in total. The fraction of sp³-hybridized carbons (Fsp3) is 0.200. The van der Waals surface area contributed by atoms with E-state index in [2.05, 4.69) is 10.1 Å². The molecule has 0 saturated carbocycles. The number of carbonyl (C=O) groups is 2. The molecule has 0 radical (unpaired) electrons. The van der Waals surface area contributed by atoms with Crippen LogP contribution in [0.3, 0.4) is 0 Å². The van der Waals surface area contributed by atoms with Crippen molar-refractivity contribution in [1.82, 2.24) is 0 Å². The van der Waals surface area contributed by atoms with Crippen LogP contribution < -0.4 is 10.1 Å². The first kappa shape index (κ1) is 23.9. The van der Waals surface area contributed by atoms with Gasteiger partial charge in [-0.1, -0.05) is 0 Å². The molecule has 0 aliphatic carbocycles. The first-order chi connectivity index (χ1) is 15.2. The van der Waals surface area contributed by atoms with E-state index >= 15 is 0 Å². The van der Waals surface area contributed by atoms with Crippen LogP contribution >= 0.6 is 0 Å². The van der Waals surface area contributed by atoms with Crippen LogP contribution in [0.5, 0.6) is 11.5 Å². The molecular weight excluding hydrogens is 467 g/mol. The monoisotopic (exact) mass is 479 g/mol. The molecule has 13 heteroatoms. The minimum Gasteiger partial charge on any atom is -0.445 e. The number of cyclic esters (lactones) is 2. The Morgan fingerprint density at radius 1 is 0.848 bits per heavy atom. The van der Waals surface area contributed by atoms with Gasteiger partial charge in [0.1, 0.15) is 0 Å². The Hall–Kier alpha value is -3.77. The number of rotatable bonds is 4. The Bertz CT molecular complexity index is 1110. The highest BCUT2D eigenvalue weighted by Gasteiger charge is 2.39. The molecular formula is C20H12F7NO5. The number of hydrogen-bond acceptors (Lipinski definition) is 6. The predicted molar refractivity (Wildman–Crippen MR) is 95.8 cm³/mol. The van der Waals surface area contributed by atoms with E-state index in [0.29, 0.717) is 12.1 Å². The number of alkyl halides is 3. The molecule has 0 aromatic heterocycles. The zero-order valence-electron chi connectivity index (χ0n) is 16.6. The van der Waals surface area contributed by atoms with E-state index in [1.807, 2.05) is 0 Å². The van der Waals surface area contributed by atoms with Gasteiger partial charge in [0.15, 0.2) is 40.3 Å². The summed E-state index contributed by atoms with van der Waals surface area (Å²) in [6, 6.07) is 0.942. The number of benzene rings is 2. The molecule has 2 aromatic carbocycles. The van der Waals surface area contributed by atoms with E-state index in [1.165, 1.54) is 13.8 Å². The summed E-state index contributed by atoms with van der Waals surface area (Å²) < 4.78 is 108. The van der Waals surface area contributed by atoms with Gasteiger partial charge in [-0.25, -0.2) is 27.2 Å². The van der Waals surface area contributed by atoms with Gasteiger partial charge < -0.3 is 19.5 Å². The van der Waals surface area contributed by atoms with Crippen molar-refractivity contribution >= 4 is 17.6 Å². The summed E-state index contributed by atoms with van der Waals surface area (Å²) in [5, 5.41) is 2.25. The molecule has 1 heterocycles. The van der Waals surface area contributed by atoms with Gasteiger partial charge in [-0.15, -0.1) is 0 Å². The van der Waals surface area contributed by atoms with Gasteiger partial charge in [-0.3, -0.25) is 0 Å². The molecule has 1 aliphatic heterocycles. The SMILES string of the molecule is CC1(C)OC(=O)C(=CNc2cc(F)c(Oc3c(F)cc(C(F)(F)F)cc3F)c(F)c2)C(=O)O1. The zero-order chi connectivity index (χ0) is 24.7. The van der Waals surface area contributed by atoms with Crippen LogP contribution in [0.2, 0.25) is 0 Å². The van der Waals surface area contributed by atoms with Crippen molar-refractivity contribution in [3.05, 3.63) is 64.9 Å². The molecule has 0 spiro atoms. The van der Waals surface area contributed by atoms with Crippen molar-refractivity contribution < 1.29 is 54.5 Å². The summed E-state index contributed by atoms with van der Waals surface area (Å²) in [5.74, 6) is -13.1. The zero-order valence-corrected chi connectivity index (χ0v) is 16.6. The molecule has 1 saturated heterocycles. The highest BCUT2D eigenvalue weighted by molar-refractivity contribution is 6.15. The molecule has 0 amide bonds. The number of nitrogens with one attached hydrogen (secondary N) is 1. The lowest BCUT2D eigenvalue weighted by Gasteiger charge is -2.29. The van der Waals surface area contributed by atoms with Gasteiger partial charge in [0, 0.05) is 37.9 Å². The van der Waals surface area contributed by atoms with Gasteiger partial charge in [0.05, 0.1) is 5.56 Å². The Balaban J connectivity index is 1.85. The highest BCUT2D eigenvalue weighted by Crippen LogP contribution is 2.37. The van der Waals surface area contributed by atoms with Crippen LogP contribution in [0.1, 0.15) is 19.4 Å². The molecule has 3 rings (SSSR count). The van der Waals surface area contributed by atoms with Gasteiger partial charge >= 0.3 is 18.1 Å². The lowest BCUT2D eigenvalue weighted by atomic mass is 10.2. The van der Waals surface area contributed by atoms with E-state index in [1.54, 1.807) is 0 Å². The van der Waals surface area contributed by atoms with Crippen LogP contribution in [0.25, 0.3) is 0 Å². The minimum atomic E-state index is -5.06. The Labute approximate surface area is 180 Å². The molecule has 0 unspecified atom stereocenters. The molecule has 6 nitrogen and oxygen atoms in total. The summed E-state index contributed by atoms with van der Waals surface area (Å²) >= 11 is 0. The van der Waals surface area contributed by atoms with E-state index in [-0.39, 0.29) is 17.8 Å². The number of ether oxygens (including phenoxy) is 3. The topological polar surface area (TPSA) is 73.9 Å². The quantitative estimate of drug-likeness (QED) is 0.282. The van der Waals surface area contributed by atoms with Crippen molar-refractivity contribution in [2.75, 3.05) is 5.32 Å². The minimum absolute atomic E-state index is 0.0973. The van der Waals surface area contributed by atoms with E-state index in [4.69, 9.17) is 9.47 Å². The van der Waals surface area contributed by atoms with Gasteiger partial charge in [-0.2, -0.15) is 13.2 Å². The average molecular weight is 479 g/mol. The van der Waals surface area contributed by atoms with Crippen molar-refractivity contribution in [2.45, 2.75) is 25.8 Å². The lowest BCUT2D eigenvalue weighted by Crippen LogP contribution is -2.42. The second kappa shape index (κ2) is 8.30. The van der Waals surface area contributed by atoms with Gasteiger partial charge in [0.2, 0.25) is 0 Å². The van der Waals surface area contributed by atoms with Gasteiger partial charge in [0.25, 0.3) is 5.79 Å². The molecule has 33 heavy (non-hydrogen) atoms. The van der Waals surface area contributed by atoms with E-state index in [9.17, 15) is 40.3 Å².